The Balaban J connectivity index is 2.18. The summed E-state index contributed by atoms with van der Waals surface area (Å²) >= 11 is 0. The van der Waals surface area contributed by atoms with Crippen molar-refractivity contribution in [3.8, 4) is 6.07 Å². The van der Waals surface area contributed by atoms with E-state index >= 15 is 0 Å². The van der Waals surface area contributed by atoms with E-state index in [0.29, 0.717) is 0 Å². The summed E-state index contributed by atoms with van der Waals surface area (Å²) in [5, 5.41) is 9.72. The molecule has 1 aliphatic heterocycles. The van der Waals surface area contributed by atoms with Gasteiger partial charge in [-0.05, 0) is 38.8 Å². The summed E-state index contributed by atoms with van der Waals surface area (Å²) in [5.74, 6) is 0. The standard InChI is InChI=1S/C14H24N2O/c1-17-13-8-4-5-9-14(13,12-15)16-10-6-2-3-7-11-16/h13H,2-11H2,1H3. The van der Waals surface area contributed by atoms with Crippen molar-refractivity contribution < 1.29 is 4.74 Å². The molecule has 1 saturated carbocycles. The summed E-state index contributed by atoms with van der Waals surface area (Å²) in [6.07, 6.45) is 9.62. The van der Waals surface area contributed by atoms with Gasteiger partial charge in [0.1, 0.15) is 5.54 Å². The average molecular weight is 236 g/mol. The minimum absolute atomic E-state index is 0.111. The molecule has 0 aromatic rings. The molecule has 0 aromatic carbocycles. The van der Waals surface area contributed by atoms with Gasteiger partial charge in [-0.3, -0.25) is 4.90 Å². The zero-order valence-electron chi connectivity index (χ0n) is 11.0. The van der Waals surface area contributed by atoms with Crippen molar-refractivity contribution in [2.24, 2.45) is 0 Å². The van der Waals surface area contributed by atoms with Gasteiger partial charge in [0, 0.05) is 7.11 Å². The maximum Gasteiger partial charge on any atom is 0.135 e. The third-order valence-electron chi connectivity index (χ3n) is 4.46. The number of rotatable bonds is 2. The van der Waals surface area contributed by atoms with Crippen LogP contribution in [0, 0.1) is 11.3 Å². The largest absolute Gasteiger partial charge is 0.378 e. The van der Waals surface area contributed by atoms with E-state index in [0.717, 1.165) is 25.9 Å². The summed E-state index contributed by atoms with van der Waals surface area (Å²) in [4.78, 5) is 2.42. The van der Waals surface area contributed by atoms with Gasteiger partial charge in [0.2, 0.25) is 0 Å². The topological polar surface area (TPSA) is 36.3 Å². The Morgan fingerprint density at radius 1 is 1.12 bits per heavy atom. The maximum atomic E-state index is 9.72. The first-order valence-corrected chi connectivity index (χ1v) is 7.02. The fraction of sp³-hybridized carbons (Fsp3) is 0.929. The molecule has 2 unspecified atom stereocenters. The van der Waals surface area contributed by atoms with Crippen LogP contribution in [0.25, 0.3) is 0 Å². The van der Waals surface area contributed by atoms with E-state index in [2.05, 4.69) is 11.0 Å². The summed E-state index contributed by atoms with van der Waals surface area (Å²) < 4.78 is 5.63. The molecule has 2 rings (SSSR count). The maximum absolute atomic E-state index is 9.72. The molecule has 0 N–H and O–H groups in total. The first kappa shape index (κ1) is 12.9. The summed E-state index contributed by atoms with van der Waals surface area (Å²) in [6.45, 7) is 2.15. The lowest BCUT2D eigenvalue weighted by molar-refractivity contribution is -0.0484. The Morgan fingerprint density at radius 3 is 2.41 bits per heavy atom. The smallest absolute Gasteiger partial charge is 0.135 e. The van der Waals surface area contributed by atoms with Gasteiger partial charge in [0.15, 0.2) is 0 Å². The van der Waals surface area contributed by atoms with Gasteiger partial charge >= 0.3 is 0 Å². The van der Waals surface area contributed by atoms with Gasteiger partial charge in [-0.25, -0.2) is 0 Å². The van der Waals surface area contributed by atoms with Crippen LogP contribution in [-0.2, 0) is 4.74 Å². The predicted molar refractivity (Wildman–Crippen MR) is 67.7 cm³/mol. The second kappa shape index (κ2) is 5.84. The molecule has 2 atom stereocenters. The summed E-state index contributed by atoms with van der Waals surface area (Å²) in [7, 11) is 1.76. The van der Waals surface area contributed by atoms with E-state index in [-0.39, 0.29) is 11.6 Å². The number of hydrogen-bond acceptors (Lipinski definition) is 3. The highest BCUT2D eigenvalue weighted by Gasteiger charge is 2.46. The Bertz CT molecular complexity index is 278. The lowest BCUT2D eigenvalue weighted by atomic mass is 9.78. The Morgan fingerprint density at radius 2 is 1.82 bits per heavy atom. The van der Waals surface area contributed by atoms with Crippen LogP contribution in [0.4, 0.5) is 0 Å². The minimum atomic E-state index is -0.336. The van der Waals surface area contributed by atoms with Gasteiger partial charge in [-0.15, -0.1) is 0 Å². The zero-order valence-corrected chi connectivity index (χ0v) is 11.0. The van der Waals surface area contributed by atoms with Gasteiger partial charge in [0.25, 0.3) is 0 Å². The highest BCUT2D eigenvalue weighted by molar-refractivity contribution is 5.15. The lowest BCUT2D eigenvalue weighted by Crippen LogP contribution is -2.58. The van der Waals surface area contributed by atoms with Gasteiger partial charge in [-0.2, -0.15) is 5.26 Å². The van der Waals surface area contributed by atoms with Crippen molar-refractivity contribution in [1.82, 2.24) is 4.90 Å². The van der Waals surface area contributed by atoms with Crippen molar-refractivity contribution in [1.29, 1.82) is 5.26 Å². The summed E-state index contributed by atoms with van der Waals surface area (Å²) in [6, 6.07) is 2.62. The Kier molecular flexibility index (Phi) is 4.42. The lowest BCUT2D eigenvalue weighted by Gasteiger charge is -2.45. The number of likely N-dealkylation sites (tertiary alicyclic amines) is 1. The molecule has 0 radical (unpaired) electrons. The number of methoxy groups -OCH3 is 1. The molecule has 96 valence electrons. The molecule has 1 saturated heterocycles. The van der Waals surface area contributed by atoms with Crippen LogP contribution in [0.2, 0.25) is 0 Å². The fourth-order valence-corrected chi connectivity index (χ4v) is 3.47. The van der Waals surface area contributed by atoms with E-state index in [4.69, 9.17) is 4.74 Å². The molecule has 1 heterocycles. The average Bonchev–Trinajstić information content (AvgIpc) is 2.67. The number of nitrogens with zero attached hydrogens (tertiary/aromatic N) is 2. The van der Waals surface area contributed by atoms with Crippen LogP contribution < -0.4 is 0 Å². The van der Waals surface area contributed by atoms with Crippen LogP contribution in [0.15, 0.2) is 0 Å². The zero-order chi connectivity index (χ0) is 12.1. The van der Waals surface area contributed by atoms with Crippen LogP contribution in [0.5, 0.6) is 0 Å². The number of nitriles is 1. The number of ether oxygens (including phenoxy) is 1. The molecule has 2 aliphatic rings. The van der Waals surface area contributed by atoms with Crippen molar-refractivity contribution in [3.05, 3.63) is 0 Å². The first-order chi connectivity index (χ1) is 8.33. The second-order valence-corrected chi connectivity index (χ2v) is 5.41. The van der Waals surface area contributed by atoms with Crippen LogP contribution in [0.3, 0.4) is 0 Å². The minimum Gasteiger partial charge on any atom is -0.378 e. The molecule has 0 bridgehead atoms. The molecule has 0 spiro atoms. The van der Waals surface area contributed by atoms with E-state index in [1.54, 1.807) is 7.11 Å². The van der Waals surface area contributed by atoms with E-state index in [9.17, 15) is 5.26 Å². The Labute approximate surface area is 105 Å². The van der Waals surface area contributed by atoms with Crippen molar-refractivity contribution in [2.45, 2.75) is 63.0 Å². The number of hydrogen-bond donors (Lipinski definition) is 0. The molecule has 2 fully saturated rings. The van der Waals surface area contributed by atoms with Crippen LogP contribution >= 0.6 is 0 Å². The SMILES string of the molecule is COC1CCCCC1(C#N)N1CCCCCC1. The van der Waals surface area contributed by atoms with Crippen molar-refractivity contribution >= 4 is 0 Å². The van der Waals surface area contributed by atoms with E-state index < -0.39 is 0 Å². The van der Waals surface area contributed by atoms with Crippen molar-refractivity contribution in [2.75, 3.05) is 20.2 Å². The molecule has 3 heteroatoms. The molecule has 17 heavy (non-hydrogen) atoms. The van der Waals surface area contributed by atoms with Crippen LogP contribution in [-0.4, -0.2) is 36.7 Å². The normalized spacial score (nSPS) is 36.1. The first-order valence-electron chi connectivity index (χ1n) is 7.02. The molecule has 0 amide bonds. The highest BCUT2D eigenvalue weighted by Crippen LogP contribution is 2.36. The second-order valence-electron chi connectivity index (χ2n) is 5.41. The summed E-state index contributed by atoms with van der Waals surface area (Å²) in [5.41, 5.74) is -0.336. The molecule has 0 aromatic heterocycles. The van der Waals surface area contributed by atoms with Crippen molar-refractivity contribution in [3.63, 3.8) is 0 Å². The van der Waals surface area contributed by atoms with Gasteiger partial charge in [-0.1, -0.05) is 25.7 Å². The molecular formula is C14H24N2O. The predicted octanol–water partition coefficient (Wildman–Crippen LogP) is 2.71. The fourth-order valence-electron chi connectivity index (χ4n) is 3.47. The Hall–Kier alpha value is -0.590. The molecular weight excluding hydrogens is 212 g/mol. The third-order valence-corrected chi connectivity index (χ3v) is 4.46. The van der Waals surface area contributed by atoms with Crippen LogP contribution in [0.1, 0.15) is 51.4 Å². The monoisotopic (exact) mass is 236 g/mol. The highest BCUT2D eigenvalue weighted by atomic mass is 16.5. The van der Waals surface area contributed by atoms with Gasteiger partial charge < -0.3 is 4.74 Å². The quantitative estimate of drug-likeness (QED) is 0.739. The van der Waals surface area contributed by atoms with Gasteiger partial charge in [0.05, 0.1) is 12.2 Å². The molecule has 3 nitrogen and oxygen atoms in total. The third kappa shape index (κ3) is 2.48. The van der Waals surface area contributed by atoms with E-state index in [1.165, 1.54) is 38.5 Å². The molecule has 1 aliphatic carbocycles. The van der Waals surface area contributed by atoms with E-state index in [1.807, 2.05) is 0 Å².